The summed E-state index contributed by atoms with van der Waals surface area (Å²) in [5.74, 6) is -0.354. The van der Waals surface area contributed by atoms with Crippen LogP contribution in [0.2, 0.25) is 5.02 Å². The Kier molecular flexibility index (Phi) is 4.32. The van der Waals surface area contributed by atoms with E-state index in [1.54, 1.807) is 24.0 Å². The zero-order valence-corrected chi connectivity index (χ0v) is 10.3. The van der Waals surface area contributed by atoms with Crippen LogP contribution in [0.5, 0.6) is 0 Å². The maximum absolute atomic E-state index is 11.3. The summed E-state index contributed by atoms with van der Waals surface area (Å²) in [5.41, 5.74) is 4.67. The Morgan fingerprint density at radius 3 is 2.88 bits per heavy atom. The van der Waals surface area contributed by atoms with Gasteiger partial charge in [0.1, 0.15) is 0 Å². The number of aromatic nitrogens is 2. The van der Waals surface area contributed by atoms with Gasteiger partial charge in [-0.2, -0.15) is 5.10 Å². The molecule has 16 heavy (non-hydrogen) atoms. The number of carbonyl (C=O) groups is 1. The second-order valence-electron chi connectivity index (χ2n) is 3.90. The molecule has 0 bridgehead atoms. The highest BCUT2D eigenvalue weighted by atomic mass is 35.5. The summed E-state index contributed by atoms with van der Waals surface area (Å²) in [7, 11) is 0. The first kappa shape index (κ1) is 13.0. The van der Waals surface area contributed by atoms with E-state index in [1.165, 1.54) is 0 Å². The van der Waals surface area contributed by atoms with E-state index in [1.807, 2.05) is 6.92 Å². The Morgan fingerprint density at radius 2 is 2.44 bits per heavy atom. The first-order chi connectivity index (χ1) is 7.48. The minimum absolute atomic E-state index is 0.354. The molecular weight excluding hydrogens is 228 g/mol. The molecule has 0 spiro atoms. The number of aryl methyl sites for hydroxylation is 1. The number of amides is 1. The number of nitrogens with one attached hydrogen (secondary N) is 1. The second-order valence-corrected chi connectivity index (χ2v) is 4.33. The molecule has 0 radical (unpaired) electrons. The second kappa shape index (κ2) is 5.32. The van der Waals surface area contributed by atoms with Crippen LogP contribution in [0.3, 0.4) is 0 Å². The van der Waals surface area contributed by atoms with Gasteiger partial charge < -0.3 is 11.1 Å². The summed E-state index contributed by atoms with van der Waals surface area (Å²) in [6, 6.07) is 0. The van der Waals surface area contributed by atoms with Crippen molar-refractivity contribution in [2.75, 3.05) is 6.54 Å². The lowest BCUT2D eigenvalue weighted by molar-refractivity contribution is -0.124. The van der Waals surface area contributed by atoms with Crippen LogP contribution in [0.4, 0.5) is 0 Å². The van der Waals surface area contributed by atoms with Gasteiger partial charge in [0.2, 0.25) is 5.91 Å². The molecule has 1 rings (SSSR count). The molecule has 6 heteroatoms. The molecule has 0 aliphatic heterocycles. The highest BCUT2D eigenvalue weighted by molar-refractivity contribution is 6.30. The van der Waals surface area contributed by atoms with Crippen LogP contribution < -0.4 is 11.1 Å². The predicted octanol–water partition coefficient (Wildman–Crippen LogP) is 0.780. The smallest absolute Gasteiger partial charge is 0.237 e. The lowest BCUT2D eigenvalue weighted by Crippen LogP contribution is -2.53. The molecule has 0 aliphatic rings. The van der Waals surface area contributed by atoms with Crippen molar-refractivity contribution < 1.29 is 4.79 Å². The summed E-state index contributed by atoms with van der Waals surface area (Å²) in [5, 5.41) is 7.72. The van der Waals surface area contributed by atoms with Gasteiger partial charge in [-0.15, -0.1) is 0 Å². The number of hydrogen-bond acceptors (Lipinski definition) is 3. The van der Waals surface area contributed by atoms with Crippen molar-refractivity contribution in [3.05, 3.63) is 17.4 Å². The molecule has 5 nitrogen and oxygen atoms in total. The Balaban J connectivity index is 2.60. The topological polar surface area (TPSA) is 72.9 Å². The number of rotatable bonds is 6. The van der Waals surface area contributed by atoms with E-state index >= 15 is 0 Å². The number of carbonyl (C=O) groups excluding carboxylic acids is 1. The van der Waals surface area contributed by atoms with Crippen molar-refractivity contribution in [1.82, 2.24) is 15.1 Å². The highest BCUT2D eigenvalue weighted by Gasteiger charge is 2.29. The molecule has 0 aromatic carbocycles. The average Bonchev–Trinajstić information content (AvgIpc) is 2.61. The van der Waals surface area contributed by atoms with Crippen molar-refractivity contribution in [3.63, 3.8) is 0 Å². The fourth-order valence-corrected chi connectivity index (χ4v) is 1.64. The Labute approximate surface area is 99.9 Å². The summed E-state index contributed by atoms with van der Waals surface area (Å²) in [4.78, 5) is 11.3. The van der Waals surface area contributed by atoms with Crippen molar-refractivity contribution in [1.29, 1.82) is 0 Å². The van der Waals surface area contributed by atoms with E-state index in [9.17, 15) is 4.79 Å². The summed E-state index contributed by atoms with van der Waals surface area (Å²) >= 11 is 5.74. The van der Waals surface area contributed by atoms with E-state index in [-0.39, 0.29) is 5.91 Å². The number of likely N-dealkylation sites (N-methyl/N-ethyl adjacent to an activating group) is 1. The molecule has 1 amide bonds. The van der Waals surface area contributed by atoms with Crippen LogP contribution in [0.15, 0.2) is 12.4 Å². The van der Waals surface area contributed by atoms with Crippen molar-refractivity contribution in [2.24, 2.45) is 5.73 Å². The number of halogens is 1. The van der Waals surface area contributed by atoms with Crippen LogP contribution in [0.25, 0.3) is 0 Å². The fraction of sp³-hybridized carbons (Fsp3) is 0.600. The molecule has 0 fully saturated rings. The molecule has 3 N–H and O–H groups in total. The van der Waals surface area contributed by atoms with Gasteiger partial charge in [-0.25, -0.2) is 0 Å². The summed E-state index contributed by atoms with van der Waals surface area (Å²) in [6.07, 6.45) is 3.86. The van der Waals surface area contributed by atoms with Crippen LogP contribution >= 0.6 is 11.6 Å². The van der Waals surface area contributed by atoms with Crippen molar-refractivity contribution in [2.45, 2.75) is 32.4 Å². The number of primary amides is 1. The van der Waals surface area contributed by atoms with E-state index in [2.05, 4.69) is 10.4 Å². The molecule has 0 aliphatic carbocycles. The normalized spacial score (nSPS) is 14.7. The van der Waals surface area contributed by atoms with Crippen LogP contribution in [-0.4, -0.2) is 27.8 Å². The van der Waals surface area contributed by atoms with Gasteiger partial charge >= 0.3 is 0 Å². The molecule has 0 saturated carbocycles. The first-order valence-corrected chi connectivity index (χ1v) is 5.58. The Hall–Kier alpha value is -1.07. The quantitative estimate of drug-likeness (QED) is 0.777. The molecule has 1 aromatic heterocycles. The SMILES string of the molecule is CCNC(C)(CCn1cc(Cl)cn1)C(N)=O. The third kappa shape index (κ3) is 3.21. The van der Waals surface area contributed by atoms with Gasteiger partial charge in [-0.05, 0) is 19.9 Å². The molecule has 1 atom stereocenters. The monoisotopic (exact) mass is 244 g/mol. The predicted molar refractivity (Wildman–Crippen MR) is 63.1 cm³/mol. The molecule has 1 heterocycles. The zero-order valence-electron chi connectivity index (χ0n) is 9.53. The number of nitrogens with zero attached hydrogens (tertiary/aromatic N) is 2. The minimum Gasteiger partial charge on any atom is -0.368 e. The van der Waals surface area contributed by atoms with E-state index in [0.29, 0.717) is 24.5 Å². The standard InChI is InChI=1S/C10H17ClN4O/c1-3-13-10(2,9(12)16)4-5-15-7-8(11)6-14-15/h6-7,13H,3-5H2,1-2H3,(H2,12,16). The van der Waals surface area contributed by atoms with Gasteiger partial charge in [0.25, 0.3) is 0 Å². The third-order valence-electron chi connectivity index (χ3n) is 2.55. The van der Waals surface area contributed by atoms with Gasteiger partial charge in [-0.1, -0.05) is 18.5 Å². The fourth-order valence-electron chi connectivity index (χ4n) is 1.49. The summed E-state index contributed by atoms with van der Waals surface area (Å²) < 4.78 is 1.70. The maximum Gasteiger partial charge on any atom is 0.237 e. The molecule has 0 saturated heterocycles. The Morgan fingerprint density at radius 1 is 1.75 bits per heavy atom. The van der Waals surface area contributed by atoms with Crippen LogP contribution in [0, 0.1) is 0 Å². The van der Waals surface area contributed by atoms with Crippen LogP contribution in [0.1, 0.15) is 20.3 Å². The van der Waals surface area contributed by atoms with Crippen LogP contribution in [-0.2, 0) is 11.3 Å². The first-order valence-electron chi connectivity index (χ1n) is 5.21. The third-order valence-corrected chi connectivity index (χ3v) is 2.75. The minimum atomic E-state index is -0.701. The van der Waals surface area contributed by atoms with E-state index in [0.717, 1.165) is 0 Å². The zero-order chi connectivity index (χ0) is 12.2. The van der Waals surface area contributed by atoms with Crippen molar-refractivity contribution in [3.8, 4) is 0 Å². The van der Waals surface area contributed by atoms with Gasteiger partial charge in [0.05, 0.1) is 16.8 Å². The largest absolute Gasteiger partial charge is 0.368 e. The lowest BCUT2D eigenvalue weighted by Gasteiger charge is -2.26. The van der Waals surface area contributed by atoms with Gasteiger partial charge in [-0.3, -0.25) is 9.48 Å². The van der Waals surface area contributed by atoms with E-state index < -0.39 is 5.54 Å². The summed E-state index contributed by atoms with van der Waals surface area (Å²) in [6.45, 7) is 5.02. The highest BCUT2D eigenvalue weighted by Crippen LogP contribution is 2.12. The molecule has 90 valence electrons. The maximum atomic E-state index is 11.3. The average molecular weight is 245 g/mol. The molecule has 1 unspecified atom stereocenters. The lowest BCUT2D eigenvalue weighted by atomic mass is 9.97. The van der Waals surface area contributed by atoms with Crippen molar-refractivity contribution >= 4 is 17.5 Å². The van der Waals surface area contributed by atoms with Gasteiger partial charge in [0, 0.05) is 12.7 Å². The number of nitrogens with two attached hydrogens (primary N) is 1. The number of hydrogen-bond donors (Lipinski definition) is 2. The van der Waals surface area contributed by atoms with E-state index in [4.69, 9.17) is 17.3 Å². The Bertz CT molecular complexity index is 365. The molecular formula is C10H17ClN4O. The molecule has 1 aromatic rings. The van der Waals surface area contributed by atoms with Gasteiger partial charge in [0.15, 0.2) is 0 Å².